The van der Waals surface area contributed by atoms with Crippen molar-refractivity contribution in [3.63, 3.8) is 0 Å². The van der Waals surface area contributed by atoms with E-state index >= 15 is 0 Å². The average Bonchev–Trinajstić information content (AvgIpc) is 2.81. The van der Waals surface area contributed by atoms with Gasteiger partial charge in [0, 0.05) is 45.3 Å². The maximum absolute atomic E-state index is 13.5. The van der Waals surface area contributed by atoms with Crippen molar-refractivity contribution >= 4 is 5.96 Å². The first kappa shape index (κ1) is 24.9. The Kier molecular flexibility index (Phi) is 10.2. The lowest BCUT2D eigenvalue weighted by Gasteiger charge is -2.36. The van der Waals surface area contributed by atoms with Gasteiger partial charge in [-0.3, -0.25) is 14.8 Å². The van der Waals surface area contributed by atoms with Gasteiger partial charge >= 0.3 is 0 Å². The lowest BCUT2D eigenvalue weighted by molar-refractivity contribution is 0.00865. The number of hydrogen-bond acceptors (Lipinski definition) is 5. The first-order valence-electron chi connectivity index (χ1n) is 12.0. The number of nitrogens with one attached hydrogen (secondary N) is 2. The molecule has 2 saturated heterocycles. The number of halogens is 1. The molecule has 1 aromatic rings. The van der Waals surface area contributed by atoms with Gasteiger partial charge in [0.2, 0.25) is 0 Å². The number of nitrogens with zero attached hydrogens (tertiary/aromatic N) is 3. The predicted octanol–water partition coefficient (Wildman–Crippen LogP) is 2.11. The van der Waals surface area contributed by atoms with E-state index in [-0.39, 0.29) is 11.9 Å². The Bertz CT molecular complexity index is 688. The highest BCUT2D eigenvalue weighted by Gasteiger charge is 2.25. The molecule has 3 rings (SSSR count). The van der Waals surface area contributed by atoms with E-state index in [1.54, 1.807) is 0 Å². The van der Waals surface area contributed by atoms with Crippen LogP contribution in [-0.4, -0.2) is 94.0 Å². The van der Waals surface area contributed by atoms with Gasteiger partial charge in [0.25, 0.3) is 0 Å². The Labute approximate surface area is 192 Å². The van der Waals surface area contributed by atoms with Gasteiger partial charge in [-0.1, -0.05) is 26.0 Å². The molecule has 0 radical (unpaired) electrons. The minimum Gasteiger partial charge on any atom is -0.379 e. The quantitative estimate of drug-likeness (QED) is 0.445. The SMILES string of the molecule is CCNC(=NCC(C(C)C)N1CCOCC1)NCC(c1ccc(F)cc1)N1CCOCC1. The second-order valence-corrected chi connectivity index (χ2v) is 8.78. The molecule has 0 spiro atoms. The van der Waals surface area contributed by atoms with Gasteiger partial charge in [0.1, 0.15) is 5.82 Å². The third-order valence-electron chi connectivity index (χ3n) is 6.27. The molecule has 2 N–H and O–H groups in total. The van der Waals surface area contributed by atoms with Gasteiger partial charge in [-0.15, -0.1) is 0 Å². The van der Waals surface area contributed by atoms with Crippen molar-refractivity contribution < 1.29 is 13.9 Å². The van der Waals surface area contributed by atoms with Crippen LogP contribution < -0.4 is 10.6 Å². The maximum Gasteiger partial charge on any atom is 0.191 e. The summed E-state index contributed by atoms with van der Waals surface area (Å²) < 4.78 is 24.6. The smallest absolute Gasteiger partial charge is 0.191 e. The summed E-state index contributed by atoms with van der Waals surface area (Å²) in [6.45, 7) is 15.5. The molecule has 2 aliphatic heterocycles. The number of ether oxygens (including phenoxy) is 2. The molecule has 0 saturated carbocycles. The fraction of sp³-hybridized carbons (Fsp3) is 0.708. The zero-order chi connectivity index (χ0) is 22.8. The van der Waals surface area contributed by atoms with E-state index in [9.17, 15) is 4.39 Å². The number of aliphatic imine (C=N–C) groups is 1. The highest BCUT2D eigenvalue weighted by molar-refractivity contribution is 5.79. The van der Waals surface area contributed by atoms with Crippen molar-refractivity contribution in [1.29, 1.82) is 0 Å². The first-order valence-corrected chi connectivity index (χ1v) is 12.0. The van der Waals surface area contributed by atoms with Gasteiger partial charge in [-0.25, -0.2) is 4.39 Å². The number of benzene rings is 1. The van der Waals surface area contributed by atoms with Crippen molar-refractivity contribution in [3.05, 3.63) is 35.6 Å². The molecule has 2 aliphatic rings. The molecule has 0 bridgehead atoms. The molecule has 8 heteroatoms. The summed E-state index contributed by atoms with van der Waals surface area (Å²) >= 11 is 0. The molecule has 0 aromatic heterocycles. The lowest BCUT2D eigenvalue weighted by Crippen LogP contribution is -2.49. The summed E-state index contributed by atoms with van der Waals surface area (Å²) in [5.41, 5.74) is 1.10. The van der Waals surface area contributed by atoms with E-state index in [0.717, 1.165) is 77.2 Å². The predicted molar refractivity (Wildman–Crippen MR) is 127 cm³/mol. The van der Waals surface area contributed by atoms with Gasteiger partial charge < -0.3 is 20.1 Å². The van der Waals surface area contributed by atoms with Crippen LogP contribution in [0.25, 0.3) is 0 Å². The average molecular weight is 450 g/mol. The minimum absolute atomic E-state index is 0.128. The number of rotatable bonds is 9. The molecular formula is C24H40FN5O2. The Morgan fingerprint density at radius 1 is 0.969 bits per heavy atom. The molecule has 2 heterocycles. The topological polar surface area (TPSA) is 61.4 Å². The van der Waals surface area contributed by atoms with E-state index in [4.69, 9.17) is 14.5 Å². The van der Waals surface area contributed by atoms with Crippen molar-refractivity contribution in [3.8, 4) is 0 Å². The van der Waals surface area contributed by atoms with Crippen molar-refractivity contribution in [2.45, 2.75) is 32.9 Å². The summed E-state index contributed by atoms with van der Waals surface area (Å²) in [6, 6.07) is 7.36. The van der Waals surface area contributed by atoms with E-state index < -0.39 is 0 Å². The van der Waals surface area contributed by atoms with E-state index in [0.29, 0.717) is 18.5 Å². The third-order valence-corrected chi connectivity index (χ3v) is 6.27. The van der Waals surface area contributed by atoms with E-state index in [1.165, 1.54) is 12.1 Å². The van der Waals surface area contributed by atoms with Gasteiger partial charge in [-0.2, -0.15) is 0 Å². The summed E-state index contributed by atoms with van der Waals surface area (Å²) in [4.78, 5) is 9.84. The Morgan fingerprint density at radius 2 is 1.56 bits per heavy atom. The summed E-state index contributed by atoms with van der Waals surface area (Å²) in [6.07, 6.45) is 0. The highest BCUT2D eigenvalue weighted by atomic mass is 19.1. The second-order valence-electron chi connectivity index (χ2n) is 8.78. The summed E-state index contributed by atoms with van der Waals surface area (Å²) in [5, 5.41) is 6.94. The van der Waals surface area contributed by atoms with Crippen molar-refractivity contribution in [2.75, 3.05) is 72.2 Å². The van der Waals surface area contributed by atoms with E-state index in [2.05, 4.69) is 41.2 Å². The maximum atomic E-state index is 13.5. The summed E-state index contributed by atoms with van der Waals surface area (Å²) in [5.74, 6) is 1.13. The minimum atomic E-state index is -0.208. The van der Waals surface area contributed by atoms with Crippen LogP contribution in [0, 0.1) is 11.7 Å². The molecule has 0 aliphatic carbocycles. The van der Waals surface area contributed by atoms with Crippen LogP contribution in [0.5, 0.6) is 0 Å². The molecule has 180 valence electrons. The number of hydrogen-bond donors (Lipinski definition) is 2. The number of morpholine rings is 2. The Balaban J connectivity index is 1.68. The molecule has 7 nitrogen and oxygen atoms in total. The molecule has 1 aromatic carbocycles. The fourth-order valence-electron chi connectivity index (χ4n) is 4.41. The van der Waals surface area contributed by atoms with Crippen LogP contribution in [0.4, 0.5) is 4.39 Å². The van der Waals surface area contributed by atoms with Crippen LogP contribution in [0.3, 0.4) is 0 Å². The zero-order valence-corrected chi connectivity index (χ0v) is 19.9. The molecular weight excluding hydrogens is 409 g/mol. The second kappa shape index (κ2) is 13.1. The molecule has 2 atom stereocenters. The third kappa shape index (κ3) is 7.40. The normalized spacial score (nSPS) is 20.8. The first-order chi connectivity index (χ1) is 15.6. The van der Waals surface area contributed by atoms with Gasteiger partial charge in [-0.05, 0) is 30.5 Å². The van der Waals surface area contributed by atoms with Gasteiger partial charge in [0.15, 0.2) is 5.96 Å². The summed E-state index contributed by atoms with van der Waals surface area (Å²) in [7, 11) is 0. The van der Waals surface area contributed by atoms with Crippen LogP contribution in [0.2, 0.25) is 0 Å². The standard InChI is InChI=1S/C24H40FN5O2/c1-4-26-24(27-17-22(19(2)3)29-9-13-31-14-10-29)28-18-23(30-11-15-32-16-12-30)20-5-7-21(25)8-6-20/h5-8,19,22-23H,4,9-18H2,1-3H3,(H2,26,27,28). The van der Waals surface area contributed by atoms with Crippen molar-refractivity contribution in [1.82, 2.24) is 20.4 Å². The van der Waals surface area contributed by atoms with Crippen LogP contribution in [0.15, 0.2) is 29.3 Å². The lowest BCUT2D eigenvalue weighted by atomic mass is 10.0. The Morgan fingerprint density at radius 3 is 2.12 bits per heavy atom. The van der Waals surface area contributed by atoms with Crippen LogP contribution in [-0.2, 0) is 9.47 Å². The molecule has 32 heavy (non-hydrogen) atoms. The Hall–Kier alpha value is -1.74. The van der Waals surface area contributed by atoms with Crippen LogP contribution in [0.1, 0.15) is 32.4 Å². The molecule has 2 unspecified atom stereocenters. The highest BCUT2D eigenvalue weighted by Crippen LogP contribution is 2.22. The number of guanidine groups is 1. The monoisotopic (exact) mass is 449 g/mol. The molecule has 0 amide bonds. The van der Waals surface area contributed by atoms with Crippen molar-refractivity contribution in [2.24, 2.45) is 10.9 Å². The fourth-order valence-corrected chi connectivity index (χ4v) is 4.41. The zero-order valence-electron chi connectivity index (χ0n) is 19.9. The van der Waals surface area contributed by atoms with Gasteiger partial charge in [0.05, 0.1) is 39.0 Å². The molecule has 2 fully saturated rings. The van der Waals surface area contributed by atoms with Crippen LogP contribution >= 0.6 is 0 Å². The largest absolute Gasteiger partial charge is 0.379 e. The van der Waals surface area contributed by atoms with E-state index in [1.807, 2.05) is 12.1 Å².